The highest BCUT2D eigenvalue weighted by Gasteiger charge is 2.05. The molecule has 144 valence electrons. The first-order valence-electron chi connectivity index (χ1n) is 8.79. The summed E-state index contributed by atoms with van der Waals surface area (Å²) in [7, 11) is 3.16. The number of nitrogens with one attached hydrogen (secondary N) is 1. The van der Waals surface area contributed by atoms with Gasteiger partial charge in [0.05, 0.1) is 27.0 Å². The van der Waals surface area contributed by atoms with Gasteiger partial charge in [-0.05, 0) is 29.3 Å². The van der Waals surface area contributed by atoms with Crippen molar-refractivity contribution in [2.45, 2.75) is 13.1 Å². The Bertz CT molecular complexity index is 951. The Balaban J connectivity index is 1.53. The quantitative estimate of drug-likeness (QED) is 0.610. The van der Waals surface area contributed by atoms with E-state index in [4.69, 9.17) is 9.47 Å². The second-order valence-electron chi connectivity index (χ2n) is 6.07. The van der Waals surface area contributed by atoms with Gasteiger partial charge in [-0.25, -0.2) is 4.68 Å². The average molecular weight is 378 g/mol. The summed E-state index contributed by atoms with van der Waals surface area (Å²) < 4.78 is 12.2. The molecule has 1 N–H and O–H groups in total. The number of hydrogen-bond donors (Lipinski definition) is 1. The first kappa shape index (κ1) is 19.2. The smallest absolute Gasteiger partial charge is 0.244 e. The average Bonchev–Trinajstić information content (AvgIpc) is 3.18. The van der Waals surface area contributed by atoms with Gasteiger partial charge in [0.25, 0.3) is 0 Å². The third-order valence-electron chi connectivity index (χ3n) is 4.06. The number of aromatic nitrogens is 3. The molecule has 7 heteroatoms. The molecule has 0 fully saturated rings. The summed E-state index contributed by atoms with van der Waals surface area (Å²) in [5.74, 6) is 1.06. The summed E-state index contributed by atoms with van der Waals surface area (Å²) in [6.45, 7) is 1.01. The molecule has 0 spiro atoms. The Labute approximate surface area is 163 Å². The van der Waals surface area contributed by atoms with E-state index in [1.54, 1.807) is 37.2 Å². The molecule has 0 saturated carbocycles. The number of ether oxygens (including phenoxy) is 2. The zero-order chi connectivity index (χ0) is 19.8. The van der Waals surface area contributed by atoms with Gasteiger partial charge in [-0.15, -0.1) is 5.10 Å². The van der Waals surface area contributed by atoms with Crippen molar-refractivity contribution in [3.63, 3.8) is 0 Å². The fourth-order valence-corrected chi connectivity index (χ4v) is 2.64. The van der Waals surface area contributed by atoms with E-state index in [2.05, 4.69) is 15.6 Å². The Morgan fingerprint density at radius 3 is 2.61 bits per heavy atom. The van der Waals surface area contributed by atoms with Crippen molar-refractivity contribution in [2.75, 3.05) is 14.2 Å². The van der Waals surface area contributed by atoms with E-state index in [9.17, 15) is 4.79 Å². The molecule has 0 unspecified atom stereocenters. The molecule has 7 nitrogen and oxygen atoms in total. The van der Waals surface area contributed by atoms with Crippen molar-refractivity contribution in [2.24, 2.45) is 0 Å². The fourth-order valence-electron chi connectivity index (χ4n) is 2.64. The first-order valence-corrected chi connectivity index (χ1v) is 8.79. The molecule has 0 atom stereocenters. The lowest BCUT2D eigenvalue weighted by atomic mass is 10.2. The first-order chi connectivity index (χ1) is 13.7. The van der Waals surface area contributed by atoms with E-state index in [0.717, 1.165) is 11.1 Å². The van der Waals surface area contributed by atoms with E-state index in [1.807, 2.05) is 42.5 Å². The van der Waals surface area contributed by atoms with Gasteiger partial charge >= 0.3 is 0 Å². The van der Waals surface area contributed by atoms with E-state index in [0.29, 0.717) is 30.3 Å². The number of carbonyl (C=O) groups excluding carboxylic acids is 1. The molecule has 2 aromatic carbocycles. The van der Waals surface area contributed by atoms with Gasteiger partial charge in [-0.2, -0.15) is 0 Å². The van der Waals surface area contributed by atoms with Gasteiger partial charge in [0.1, 0.15) is 5.69 Å². The van der Waals surface area contributed by atoms with Crippen molar-refractivity contribution >= 4 is 12.0 Å². The second kappa shape index (κ2) is 9.36. The van der Waals surface area contributed by atoms with Crippen molar-refractivity contribution < 1.29 is 14.3 Å². The Morgan fingerprint density at radius 2 is 1.86 bits per heavy atom. The third-order valence-corrected chi connectivity index (χ3v) is 4.06. The van der Waals surface area contributed by atoms with Crippen LogP contribution in [-0.4, -0.2) is 35.1 Å². The van der Waals surface area contributed by atoms with Crippen molar-refractivity contribution in [3.05, 3.63) is 77.6 Å². The van der Waals surface area contributed by atoms with Gasteiger partial charge in [-0.1, -0.05) is 41.6 Å². The predicted octanol–water partition coefficient (Wildman–Crippen LogP) is 2.67. The summed E-state index contributed by atoms with van der Waals surface area (Å²) in [6, 6.07) is 15.5. The minimum absolute atomic E-state index is 0.215. The SMILES string of the molecule is COc1ccc(CNC(=O)/C=C/c2cn(Cc3ccccc3)nn2)cc1OC. The molecule has 1 aromatic heterocycles. The number of hydrogen-bond acceptors (Lipinski definition) is 5. The summed E-state index contributed by atoms with van der Waals surface area (Å²) in [4.78, 5) is 12.1. The molecule has 1 heterocycles. The van der Waals surface area contributed by atoms with Crippen LogP contribution in [-0.2, 0) is 17.9 Å². The second-order valence-corrected chi connectivity index (χ2v) is 6.07. The van der Waals surface area contributed by atoms with Gasteiger partial charge < -0.3 is 14.8 Å². The van der Waals surface area contributed by atoms with E-state index in [-0.39, 0.29) is 5.91 Å². The molecule has 0 aliphatic heterocycles. The van der Waals surface area contributed by atoms with Crippen LogP contribution in [0.15, 0.2) is 60.8 Å². The van der Waals surface area contributed by atoms with Crippen LogP contribution >= 0.6 is 0 Å². The lowest BCUT2D eigenvalue weighted by Crippen LogP contribution is -2.20. The minimum Gasteiger partial charge on any atom is -0.493 e. The highest BCUT2D eigenvalue weighted by atomic mass is 16.5. The molecule has 28 heavy (non-hydrogen) atoms. The third kappa shape index (κ3) is 5.20. The fraction of sp³-hybridized carbons (Fsp3) is 0.190. The summed E-state index contributed by atoms with van der Waals surface area (Å²) in [5, 5.41) is 11.0. The van der Waals surface area contributed by atoms with E-state index in [1.165, 1.54) is 6.08 Å². The number of rotatable bonds is 8. The van der Waals surface area contributed by atoms with Gasteiger partial charge in [0, 0.05) is 12.6 Å². The van der Waals surface area contributed by atoms with Crippen molar-refractivity contribution in [1.82, 2.24) is 20.3 Å². The maximum Gasteiger partial charge on any atom is 0.244 e. The number of carbonyl (C=O) groups is 1. The molecule has 0 bridgehead atoms. The van der Waals surface area contributed by atoms with E-state index < -0.39 is 0 Å². The maximum atomic E-state index is 12.1. The van der Waals surface area contributed by atoms with Gasteiger partial charge in [0.15, 0.2) is 11.5 Å². The van der Waals surface area contributed by atoms with Crippen LogP contribution in [0.3, 0.4) is 0 Å². The molecule has 0 aliphatic rings. The molecular formula is C21H22N4O3. The monoisotopic (exact) mass is 378 g/mol. The zero-order valence-electron chi connectivity index (χ0n) is 15.8. The van der Waals surface area contributed by atoms with Crippen molar-refractivity contribution in [1.29, 1.82) is 0 Å². The van der Waals surface area contributed by atoms with Crippen LogP contribution in [0.4, 0.5) is 0 Å². The maximum absolute atomic E-state index is 12.1. The van der Waals surface area contributed by atoms with Crippen molar-refractivity contribution in [3.8, 4) is 11.5 Å². The molecule has 3 rings (SSSR count). The van der Waals surface area contributed by atoms with Crippen LogP contribution < -0.4 is 14.8 Å². The van der Waals surface area contributed by atoms with Gasteiger partial charge in [-0.3, -0.25) is 4.79 Å². The normalized spacial score (nSPS) is 10.8. The highest BCUT2D eigenvalue weighted by molar-refractivity contribution is 5.91. The zero-order valence-corrected chi connectivity index (χ0v) is 15.8. The number of benzene rings is 2. The number of amides is 1. The van der Waals surface area contributed by atoms with Crippen LogP contribution in [0, 0.1) is 0 Å². The molecule has 3 aromatic rings. The summed E-state index contributed by atoms with van der Waals surface area (Å²) in [5.41, 5.74) is 2.67. The standard InChI is InChI=1S/C21H22N4O3/c1-27-19-10-8-17(12-20(19)28-2)13-22-21(26)11-9-18-15-25(24-23-18)14-16-6-4-3-5-7-16/h3-12,15H,13-14H2,1-2H3,(H,22,26)/b11-9+. The Kier molecular flexibility index (Phi) is 6.41. The largest absolute Gasteiger partial charge is 0.493 e. The van der Waals surface area contributed by atoms with E-state index >= 15 is 0 Å². The molecule has 0 radical (unpaired) electrons. The Morgan fingerprint density at radius 1 is 1.07 bits per heavy atom. The van der Waals surface area contributed by atoms with Crippen LogP contribution in [0.5, 0.6) is 11.5 Å². The molecule has 1 amide bonds. The van der Waals surface area contributed by atoms with Crippen LogP contribution in [0.1, 0.15) is 16.8 Å². The summed E-state index contributed by atoms with van der Waals surface area (Å²) >= 11 is 0. The summed E-state index contributed by atoms with van der Waals surface area (Å²) in [6.07, 6.45) is 4.88. The lowest BCUT2D eigenvalue weighted by Gasteiger charge is -2.09. The topological polar surface area (TPSA) is 78.3 Å². The number of methoxy groups -OCH3 is 2. The minimum atomic E-state index is -0.215. The molecular weight excluding hydrogens is 356 g/mol. The lowest BCUT2D eigenvalue weighted by molar-refractivity contribution is -0.116. The number of nitrogens with zero attached hydrogens (tertiary/aromatic N) is 3. The van der Waals surface area contributed by atoms with Crippen LogP contribution in [0.2, 0.25) is 0 Å². The van der Waals surface area contributed by atoms with Crippen LogP contribution in [0.25, 0.3) is 6.08 Å². The highest BCUT2D eigenvalue weighted by Crippen LogP contribution is 2.27. The Hall–Kier alpha value is -3.61. The van der Waals surface area contributed by atoms with Gasteiger partial charge in [0.2, 0.25) is 5.91 Å². The molecule has 0 aliphatic carbocycles. The predicted molar refractivity (Wildman–Crippen MR) is 106 cm³/mol. The molecule has 0 saturated heterocycles.